The Balaban J connectivity index is 1.85. The summed E-state index contributed by atoms with van der Waals surface area (Å²) in [7, 11) is 1.88. The Bertz CT molecular complexity index is 1090. The number of nitrogens with zero attached hydrogens (tertiary/aromatic N) is 4. The van der Waals surface area contributed by atoms with Gasteiger partial charge in [0.15, 0.2) is 5.16 Å². The van der Waals surface area contributed by atoms with E-state index in [1.807, 2.05) is 25.2 Å². The maximum absolute atomic E-state index is 11.2. The first-order valence-corrected chi connectivity index (χ1v) is 10.2. The summed E-state index contributed by atoms with van der Waals surface area (Å²) in [6.07, 6.45) is 0. The van der Waals surface area contributed by atoms with Crippen LogP contribution in [0.25, 0.3) is 11.3 Å². The Labute approximate surface area is 179 Å². The first kappa shape index (κ1) is 21.2. The van der Waals surface area contributed by atoms with E-state index in [4.69, 9.17) is 5.73 Å². The Morgan fingerprint density at radius 3 is 2.53 bits per heavy atom. The number of hydrogen-bond donors (Lipinski definition) is 3. The lowest BCUT2D eigenvalue weighted by Gasteiger charge is -2.10. The van der Waals surface area contributed by atoms with Crippen molar-refractivity contribution in [2.24, 2.45) is 0 Å². The minimum Gasteiger partial charge on any atom is -0.382 e. The second-order valence-electron chi connectivity index (χ2n) is 6.42. The third kappa shape index (κ3) is 5.31. The number of pyridine rings is 1. The number of nitrogen functional groups attached to an aromatic ring is 1. The van der Waals surface area contributed by atoms with E-state index >= 15 is 0 Å². The van der Waals surface area contributed by atoms with Crippen LogP contribution < -0.4 is 16.4 Å². The molecule has 4 N–H and O–H groups in total. The zero-order chi connectivity index (χ0) is 21.5. The molecule has 0 spiro atoms. The Hall–Kier alpha value is -3.48. The number of carbonyl (C=O) groups excluding carboxylic acids is 1. The van der Waals surface area contributed by atoms with Crippen LogP contribution in [0.3, 0.4) is 0 Å². The minimum atomic E-state index is -0.155. The molecule has 1 amide bonds. The van der Waals surface area contributed by atoms with Gasteiger partial charge in [-0.05, 0) is 31.3 Å². The van der Waals surface area contributed by atoms with Gasteiger partial charge in [-0.3, -0.25) is 9.78 Å². The van der Waals surface area contributed by atoms with Crippen LogP contribution in [0.1, 0.15) is 23.9 Å². The minimum absolute atomic E-state index is 0.132. The summed E-state index contributed by atoms with van der Waals surface area (Å²) in [6.45, 7) is 2.14. The van der Waals surface area contributed by atoms with Crippen molar-refractivity contribution in [3.63, 3.8) is 0 Å². The number of thioether (sulfide) groups is 1. The van der Waals surface area contributed by atoms with Gasteiger partial charge in [-0.15, -0.1) is 0 Å². The molecular formula is C21H21N7OS. The monoisotopic (exact) mass is 419 g/mol. The zero-order valence-corrected chi connectivity index (χ0v) is 17.5. The number of hydrogen-bond acceptors (Lipinski definition) is 8. The van der Waals surface area contributed by atoms with Crippen molar-refractivity contribution >= 4 is 29.2 Å². The number of amides is 1. The molecule has 152 valence electrons. The van der Waals surface area contributed by atoms with Gasteiger partial charge >= 0.3 is 0 Å². The van der Waals surface area contributed by atoms with Crippen molar-refractivity contribution < 1.29 is 4.79 Å². The van der Waals surface area contributed by atoms with E-state index in [2.05, 4.69) is 31.7 Å². The normalized spacial score (nSPS) is 10.4. The molecule has 8 nitrogen and oxygen atoms in total. The second-order valence-corrected chi connectivity index (χ2v) is 7.37. The molecule has 0 atom stereocenters. The predicted octanol–water partition coefficient (Wildman–Crippen LogP) is 2.96. The van der Waals surface area contributed by atoms with Crippen LogP contribution in [-0.2, 0) is 17.1 Å². The highest BCUT2D eigenvalue weighted by Gasteiger charge is 2.15. The van der Waals surface area contributed by atoms with Crippen LogP contribution >= 0.6 is 11.8 Å². The Morgan fingerprint density at radius 1 is 1.13 bits per heavy atom. The highest BCUT2D eigenvalue weighted by Crippen LogP contribution is 2.29. The standard InChI is InChI=1S/C21H21N7OS/c1-13(29)25-15-8-6-14(7-9-15)19-18(10-22)20(23)28-21(27-19)30-12-17-5-3-4-16(26-17)11-24-2/h3-9,24H,11-12H2,1-2H3,(H,25,29)(H2,23,27,28). The van der Waals surface area contributed by atoms with E-state index in [1.165, 1.54) is 18.7 Å². The molecule has 1 aromatic carbocycles. The molecule has 0 bridgehead atoms. The molecule has 0 radical (unpaired) electrons. The highest BCUT2D eigenvalue weighted by molar-refractivity contribution is 7.98. The second kappa shape index (κ2) is 9.82. The van der Waals surface area contributed by atoms with Crippen molar-refractivity contribution in [3.8, 4) is 17.3 Å². The molecule has 0 aliphatic rings. The number of nitrogens with two attached hydrogens (primary N) is 1. The summed E-state index contributed by atoms with van der Waals surface area (Å²) in [5.41, 5.74) is 9.94. The largest absolute Gasteiger partial charge is 0.382 e. The number of aromatic nitrogens is 3. The van der Waals surface area contributed by atoms with Crippen LogP contribution in [-0.4, -0.2) is 27.9 Å². The summed E-state index contributed by atoms with van der Waals surface area (Å²) >= 11 is 1.40. The molecule has 3 aromatic rings. The third-order valence-electron chi connectivity index (χ3n) is 4.08. The number of anilines is 2. The molecule has 0 aliphatic heterocycles. The molecule has 2 heterocycles. The van der Waals surface area contributed by atoms with Crippen molar-refractivity contribution in [2.45, 2.75) is 24.4 Å². The van der Waals surface area contributed by atoms with Gasteiger partial charge in [0.1, 0.15) is 17.5 Å². The van der Waals surface area contributed by atoms with E-state index < -0.39 is 0 Å². The lowest BCUT2D eigenvalue weighted by molar-refractivity contribution is -0.114. The first-order chi connectivity index (χ1) is 14.5. The number of nitriles is 1. The maximum atomic E-state index is 11.2. The van der Waals surface area contributed by atoms with Crippen LogP contribution in [0, 0.1) is 11.3 Å². The predicted molar refractivity (Wildman–Crippen MR) is 117 cm³/mol. The van der Waals surface area contributed by atoms with Crippen molar-refractivity contribution in [3.05, 3.63) is 59.4 Å². The topological polar surface area (TPSA) is 130 Å². The number of carbonyl (C=O) groups is 1. The number of rotatable bonds is 7. The van der Waals surface area contributed by atoms with Crippen LogP contribution in [0.5, 0.6) is 0 Å². The summed E-state index contributed by atoms with van der Waals surface area (Å²) < 4.78 is 0. The first-order valence-electron chi connectivity index (χ1n) is 9.18. The third-order valence-corrected chi connectivity index (χ3v) is 4.96. The van der Waals surface area contributed by atoms with Gasteiger partial charge in [-0.2, -0.15) is 5.26 Å². The van der Waals surface area contributed by atoms with Gasteiger partial charge in [0.05, 0.1) is 17.1 Å². The van der Waals surface area contributed by atoms with Gasteiger partial charge in [0, 0.05) is 30.5 Å². The molecule has 0 saturated heterocycles. The van der Waals surface area contributed by atoms with Crippen LogP contribution in [0.2, 0.25) is 0 Å². The fourth-order valence-electron chi connectivity index (χ4n) is 2.78. The van der Waals surface area contributed by atoms with Crippen molar-refractivity contribution in [1.82, 2.24) is 20.3 Å². The SMILES string of the molecule is CNCc1cccc(CSc2nc(N)c(C#N)c(-c3ccc(NC(C)=O)cc3)n2)n1. The van der Waals surface area contributed by atoms with E-state index in [0.717, 1.165) is 11.4 Å². The van der Waals surface area contributed by atoms with Crippen molar-refractivity contribution in [2.75, 3.05) is 18.1 Å². The molecular weight excluding hydrogens is 398 g/mol. The fraction of sp³-hybridized carbons (Fsp3) is 0.190. The van der Waals surface area contributed by atoms with Gasteiger partial charge < -0.3 is 16.4 Å². The summed E-state index contributed by atoms with van der Waals surface area (Å²) in [4.78, 5) is 24.6. The molecule has 0 unspecified atom stereocenters. The number of nitrogens with one attached hydrogen (secondary N) is 2. The molecule has 0 saturated carbocycles. The molecule has 9 heteroatoms. The Kier molecular flexibility index (Phi) is 6.95. The van der Waals surface area contributed by atoms with Gasteiger partial charge in [-0.25, -0.2) is 9.97 Å². The molecule has 0 aliphatic carbocycles. The summed E-state index contributed by atoms with van der Waals surface area (Å²) in [5.74, 6) is 0.551. The van der Waals surface area contributed by atoms with Crippen molar-refractivity contribution in [1.29, 1.82) is 5.26 Å². The number of benzene rings is 1. The van der Waals surface area contributed by atoms with E-state index in [1.54, 1.807) is 24.3 Å². The van der Waals surface area contributed by atoms with Gasteiger partial charge in [-0.1, -0.05) is 30.0 Å². The average molecular weight is 420 g/mol. The van der Waals surface area contributed by atoms with Crippen LogP contribution in [0.15, 0.2) is 47.6 Å². The lowest BCUT2D eigenvalue weighted by atomic mass is 10.1. The molecule has 2 aromatic heterocycles. The highest BCUT2D eigenvalue weighted by atomic mass is 32.2. The van der Waals surface area contributed by atoms with Gasteiger partial charge in [0.2, 0.25) is 5.91 Å². The summed E-state index contributed by atoms with van der Waals surface area (Å²) in [6, 6.07) is 15.0. The van der Waals surface area contributed by atoms with Gasteiger partial charge in [0.25, 0.3) is 0 Å². The van der Waals surface area contributed by atoms with E-state index in [9.17, 15) is 10.1 Å². The summed E-state index contributed by atoms with van der Waals surface area (Å²) in [5, 5.41) is 15.8. The molecule has 0 fully saturated rings. The average Bonchev–Trinajstić information content (AvgIpc) is 2.72. The fourth-order valence-corrected chi connectivity index (χ4v) is 3.54. The zero-order valence-electron chi connectivity index (χ0n) is 16.6. The Morgan fingerprint density at radius 2 is 1.87 bits per heavy atom. The molecule has 30 heavy (non-hydrogen) atoms. The maximum Gasteiger partial charge on any atom is 0.221 e. The van der Waals surface area contributed by atoms with E-state index in [0.29, 0.717) is 34.4 Å². The molecule has 3 rings (SSSR count). The van der Waals surface area contributed by atoms with E-state index in [-0.39, 0.29) is 17.3 Å². The smallest absolute Gasteiger partial charge is 0.221 e. The quantitative estimate of drug-likeness (QED) is 0.394. The lowest BCUT2D eigenvalue weighted by Crippen LogP contribution is -2.07. The van der Waals surface area contributed by atoms with Crippen LogP contribution in [0.4, 0.5) is 11.5 Å².